The van der Waals surface area contributed by atoms with Gasteiger partial charge < -0.3 is 14.9 Å². The number of phenols is 2. The van der Waals surface area contributed by atoms with Crippen molar-refractivity contribution in [1.29, 1.82) is 0 Å². The van der Waals surface area contributed by atoms with E-state index in [0.717, 1.165) is 0 Å². The highest BCUT2D eigenvalue weighted by atomic mass is 16.5. The van der Waals surface area contributed by atoms with E-state index >= 15 is 0 Å². The summed E-state index contributed by atoms with van der Waals surface area (Å²) < 4.78 is 5.00. The Morgan fingerprint density at radius 2 is 2.12 bits per heavy atom. The molecule has 1 rings (SSSR count). The van der Waals surface area contributed by atoms with Crippen molar-refractivity contribution in [2.24, 2.45) is 0 Å². The smallest absolute Gasteiger partial charge is 0.193 e. The standard InChI is InChI=1S/C13H16O4/c1-4-6-9(14)12-11(17-3)7-10(15)8(5-2)13(12)16/h4,6-7,15-16H,5H2,1-3H3. The third kappa shape index (κ3) is 2.41. The maximum Gasteiger partial charge on any atom is 0.193 e. The van der Waals surface area contributed by atoms with Crippen LogP contribution in [0.1, 0.15) is 29.8 Å². The molecule has 0 aromatic heterocycles. The molecule has 0 atom stereocenters. The molecular formula is C13H16O4. The highest BCUT2D eigenvalue weighted by Gasteiger charge is 2.21. The number of ketones is 1. The number of carbonyl (C=O) groups excluding carboxylic acids is 1. The summed E-state index contributed by atoms with van der Waals surface area (Å²) in [4.78, 5) is 11.8. The molecule has 17 heavy (non-hydrogen) atoms. The Labute approximate surface area is 100 Å². The highest BCUT2D eigenvalue weighted by molar-refractivity contribution is 6.09. The molecule has 92 valence electrons. The number of phenolic OH excluding ortho intramolecular Hbond substituents is 2. The van der Waals surface area contributed by atoms with Crippen LogP contribution in [0.15, 0.2) is 18.2 Å². The van der Waals surface area contributed by atoms with Gasteiger partial charge in [-0.2, -0.15) is 0 Å². The average molecular weight is 236 g/mol. The number of hydrogen-bond donors (Lipinski definition) is 2. The normalized spacial score (nSPS) is 10.8. The van der Waals surface area contributed by atoms with Crippen LogP contribution >= 0.6 is 0 Å². The van der Waals surface area contributed by atoms with E-state index in [9.17, 15) is 15.0 Å². The summed E-state index contributed by atoms with van der Waals surface area (Å²) >= 11 is 0. The van der Waals surface area contributed by atoms with Crippen LogP contribution < -0.4 is 4.74 Å². The predicted octanol–water partition coefficient (Wildman–Crippen LogP) is 2.43. The molecule has 0 amide bonds. The topological polar surface area (TPSA) is 66.8 Å². The number of ether oxygens (including phenoxy) is 1. The number of carbonyl (C=O) groups is 1. The highest BCUT2D eigenvalue weighted by Crippen LogP contribution is 2.38. The van der Waals surface area contributed by atoms with Gasteiger partial charge in [0.05, 0.1) is 7.11 Å². The molecule has 0 fully saturated rings. The zero-order chi connectivity index (χ0) is 13.0. The molecule has 0 saturated carbocycles. The lowest BCUT2D eigenvalue weighted by molar-refractivity contribution is 0.104. The van der Waals surface area contributed by atoms with Gasteiger partial charge in [-0.25, -0.2) is 0 Å². The van der Waals surface area contributed by atoms with Crippen molar-refractivity contribution in [3.05, 3.63) is 29.3 Å². The lowest BCUT2D eigenvalue weighted by Crippen LogP contribution is -2.02. The van der Waals surface area contributed by atoms with Gasteiger partial charge in [-0.1, -0.05) is 13.0 Å². The maximum atomic E-state index is 11.8. The molecule has 0 aliphatic rings. The first-order chi connectivity index (χ1) is 8.06. The van der Waals surface area contributed by atoms with Crippen LogP contribution in [-0.2, 0) is 6.42 Å². The summed E-state index contributed by atoms with van der Waals surface area (Å²) in [7, 11) is 1.38. The molecule has 2 N–H and O–H groups in total. The van der Waals surface area contributed by atoms with E-state index < -0.39 is 0 Å². The van der Waals surface area contributed by atoms with Gasteiger partial charge in [0, 0.05) is 11.6 Å². The van der Waals surface area contributed by atoms with Gasteiger partial charge in [-0.3, -0.25) is 4.79 Å². The maximum absolute atomic E-state index is 11.8. The number of hydrogen-bond acceptors (Lipinski definition) is 4. The van der Waals surface area contributed by atoms with Crippen LogP contribution in [-0.4, -0.2) is 23.1 Å². The minimum absolute atomic E-state index is 0.0705. The number of methoxy groups -OCH3 is 1. The Morgan fingerprint density at radius 3 is 2.59 bits per heavy atom. The van der Waals surface area contributed by atoms with Gasteiger partial charge >= 0.3 is 0 Å². The van der Waals surface area contributed by atoms with Crippen LogP contribution in [0.5, 0.6) is 17.2 Å². The molecule has 0 radical (unpaired) electrons. The zero-order valence-electron chi connectivity index (χ0n) is 10.2. The van der Waals surface area contributed by atoms with E-state index in [1.54, 1.807) is 19.9 Å². The Kier molecular flexibility index (Phi) is 4.15. The van der Waals surface area contributed by atoms with E-state index in [4.69, 9.17) is 4.74 Å². The van der Waals surface area contributed by atoms with Gasteiger partial charge in [0.15, 0.2) is 5.78 Å². The minimum Gasteiger partial charge on any atom is -0.507 e. The summed E-state index contributed by atoms with van der Waals surface area (Å²) in [5.41, 5.74) is 0.430. The van der Waals surface area contributed by atoms with E-state index in [-0.39, 0.29) is 28.6 Å². The molecule has 4 nitrogen and oxygen atoms in total. The third-order valence-electron chi connectivity index (χ3n) is 2.48. The molecule has 0 aliphatic carbocycles. The van der Waals surface area contributed by atoms with Crippen molar-refractivity contribution in [2.45, 2.75) is 20.3 Å². The molecule has 1 aromatic rings. The number of allylic oxidation sites excluding steroid dienone is 2. The van der Waals surface area contributed by atoms with E-state index in [1.165, 1.54) is 19.3 Å². The quantitative estimate of drug-likeness (QED) is 0.622. The van der Waals surface area contributed by atoms with Crippen LogP contribution in [0, 0.1) is 0 Å². The van der Waals surface area contributed by atoms with Crippen LogP contribution in [0.3, 0.4) is 0 Å². The summed E-state index contributed by atoms with van der Waals surface area (Å²) in [6.45, 7) is 3.49. The fraction of sp³-hybridized carbons (Fsp3) is 0.308. The number of benzene rings is 1. The zero-order valence-corrected chi connectivity index (χ0v) is 10.2. The first-order valence-corrected chi connectivity index (χ1v) is 5.35. The van der Waals surface area contributed by atoms with E-state index in [2.05, 4.69) is 0 Å². The number of rotatable bonds is 4. The average Bonchev–Trinajstić information content (AvgIpc) is 2.28. The summed E-state index contributed by atoms with van der Waals surface area (Å²) in [5, 5.41) is 19.7. The molecule has 0 unspecified atom stereocenters. The van der Waals surface area contributed by atoms with E-state index in [0.29, 0.717) is 12.0 Å². The molecular weight excluding hydrogens is 220 g/mol. The largest absolute Gasteiger partial charge is 0.507 e. The van der Waals surface area contributed by atoms with Crippen molar-refractivity contribution >= 4 is 5.78 Å². The minimum atomic E-state index is -0.350. The second-order valence-corrected chi connectivity index (χ2v) is 3.52. The first kappa shape index (κ1) is 13.1. The summed E-state index contributed by atoms with van der Waals surface area (Å²) in [6, 6.07) is 1.34. The van der Waals surface area contributed by atoms with Crippen molar-refractivity contribution in [2.75, 3.05) is 7.11 Å². The van der Waals surface area contributed by atoms with Crippen molar-refractivity contribution in [3.63, 3.8) is 0 Å². The lowest BCUT2D eigenvalue weighted by atomic mass is 10.0. The van der Waals surface area contributed by atoms with Gasteiger partial charge in [0.25, 0.3) is 0 Å². The van der Waals surface area contributed by atoms with E-state index in [1.807, 2.05) is 0 Å². The number of aromatic hydroxyl groups is 2. The Morgan fingerprint density at radius 1 is 1.47 bits per heavy atom. The Hall–Kier alpha value is -1.97. The molecule has 0 heterocycles. The second-order valence-electron chi connectivity index (χ2n) is 3.52. The third-order valence-corrected chi connectivity index (χ3v) is 2.48. The van der Waals surface area contributed by atoms with Crippen LogP contribution in [0.4, 0.5) is 0 Å². The molecule has 1 aromatic carbocycles. The monoisotopic (exact) mass is 236 g/mol. The molecule has 4 heteroatoms. The van der Waals surface area contributed by atoms with Crippen molar-refractivity contribution < 1.29 is 19.7 Å². The molecule has 0 bridgehead atoms. The second kappa shape index (κ2) is 5.39. The molecule has 0 aliphatic heterocycles. The van der Waals surface area contributed by atoms with Gasteiger partial charge in [0.1, 0.15) is 22.8 Å². The van der Waals surface area contributed by atoms with Gasteiger partial charge in [-0.15, -0.1) is 0 Å². The SMILES string of the molecule is CC=CC(=O)c1c(OC)cc(O)c(CC)c1O. The van der Waals surface area contributed by atoms with Gasteiger partial charge in [0.2, 0.25) is 0 Å². The fourth-order valence-corrected chi connectivity index (χ4v) is 1.65. The fourth-order valence-electron chi connectivity index (χ4n) is 1.65. The summed E-state index contributed by atoms with van der Waals surface area (Å²) in [5.74, 6) is -0.469. The van der Waals surface area contributed by atoms with Gasteiger partial charge in [-0.05, 0) is 19.4 Å². The lowest BCUT2D eigenvalue weighted by Gasteiger charge is -2.13. The Bertz CT molecular complexity index is 461. The predicted molar refractivity (Wildman–Crippen MR) is 64.8 cm³/mol. The van der Waals surface area contributed by atoms with Crippen molar-refractivity contribution in [1.82, 2.24) is 0 Å². The molecule has 0 saturated heterocycles. The molecule has 0 spiro atoms. The van der Waals surface area contributed by atoms with Crippen LogP contribution in [0.2, 0.25) is 0 Å². The van der Waals surface area contributed by atoms with Crippen molar-refractivity contribution in [3.8, 4) is 17.2 Å². The first-order valence-electron chi connectivity index (χ1n) is 5.35. The Balaban J connectivity index is 3.50. The van der Waals surface area contributed by atoms with Crippen LogP contribution in [0.25, 0.3) is 0 Å². The summed E-state index contributed by atoms with van der Waals surface area (Å²) in [6.07, 6.45) is 3.35.